The minimum absolute atomic E-state index is 0.00546. The molecule has 3 rings (SSSR count). The Morgan fingerprint density at radius 1 is 1.33 bits per heavy atom. The van der Waals surface area contributed by atoms with Crippen molar-refractivity contribution < 1.29 is 13.9 Å². The second kappa shape index (κ2) is 5.00. The largest absolute Gasteiger partial charge is 0.497 e. The molecule has 1 aromatic carbocycles. The first-order valence-corrected chi connectivity index (χ1v) is 6.26. The maximum absolute atomic E-state index is 5.84. The van der Waals surface area contributed by atoms with Crippen LogP contribution in [0.15, 0.2) is 28.7 Å². The summed E-state index contributed by atoms with van der Waals surface area (Å²) in [5.74, 6) is 1.72. The predicted molar refractivity (Wildman–Crippen MR) is 68.9 cm³/mol. The normalized spacial score (nSPS) is 20.8. The Bertz CT molecular complexity index is 527. The molecule has 1 aliphatic heterocycles. The molecule has 0 spiro atoms. The third-order valence-electron chi connectivity index (χ3n) is 3.21. The number of nitrogens with one attached hydrogen (secondary N) is 1. The molecule has 1 N–H and O–H groups in total. The molecule has 2 heterocycles. The number of methoxy groups -OCH3 is 1. The van der Waals surface area contributed by atoms with Gasteiger partial charge in [0.25, 0.3) is 0 Å². The lowest BCUT2D eigenvalue weighted by molar-refractivity contribution is 0.0525. The molecule has 18 heavy (non-hydrogen) atoms. The number of furan rings is 1. The van der Waals surface area contributed by atoms with E-state index in [1.807, 2.05) is 24.3 Å². The van der Waals surface area contributed by atoms with Gasteiger partial charge in [0.1, 0.15) is 23.2 Å². The number of rotatable bonds is 2. The van der Waals surface area contributed by atoms with Gasteiger partial charge in [-0.3, -0.25) is 0 Å². The van der Waals surface area contributed by atoms with E-state index in [1.54, 1.807) is 7.11 Å². The second-order valence-corrected chi connectivity index (χ2v) is 4.47. The van der Waals surface area contributed by atoms with Crippen molar-refractivity contribution in [3.05, 3.63) is 30.0 Å². The van der Waals surface area contributed by atoms with Crippen molar-refractivity contribution >= 4 is 11.0 Å². The fourth-order valence-corrected chi connectivity index (χ4v) is 2.23. The predicted octanol–water partition coefficient (Wildman–Crippen LogP) is 2.49. The molecular weight excluding hydrogens is 230 g/mol. The average Bonchev–Trinajstić information content (AvgIpc) is 2.63. The fraction of sp³-hybridized carbons (Fsp3) is 0.429. The zero-order valence-corrected chi connectivity index (χ0v) is 10.4. The summed E-state index contributed by atoms with van der Waals surface area (Å²) in [6.07, 6.45) is 1.05. The quantitative estimate of drug-likeness (QED) is 0.885. The summed E-state index contributed by atoms with van der Waals surface area (Å²) in [6.45, 7) is 2.58. The van der Waals surface area contributed by atoms with E-state index in [-0.39, 0.29) is 6.10 Å². The van der Waals surface area contributed by atoms with Crippen molar-refractivity contribution in [2.45, 2.75) is 12.5 Å². The van der Waals surface area contributed by atoms with Gasteiger partial charge in [-0.1, -0.05) is 0 Å². The molecule has 1 fully saturated rings. The molecule has 1 saturated heterocycles. The molecular formula is C14H17NO3. The lowest BCUT2D eigenvalue weighted by atomic mass is 10.2. The Kier molecular flexibility index (Phi) is 3.21. The molecule has 4 nitrogen and oxygen atoms in total. The third kappa shape index (κ3) is 2.21. The molecule has 0 amide bonds. The van der Waals surface area contributed by atoms with Crippen molar-refractivity contribution in [2.24, 2.45) is 0 Å². The van der Waals surface area contributed by atoms with E-state index in [0.717, 1.165) is 48.6 Å². The van der Waals surface area contributed by atoms with Crippen molar-refractivity contribution in [3.8, 4) is 5.75 Å². The van der Waals surface area contributed by atoms with Gasteiger partial charge in [0, 0.05) is 18.5 Å². The van der Waals surface area contributed by atoms with Crippen LogP contribution >= 0.6 is 0 Å². The lowest BCUT2D eigenvalue weighted by Gasteiger charge is -2.11. The molecule has 1 aromatic heterocycles. The molecule has 1 atom stereocenters. The molecule has 0 bridgehead atoms. The van der Waals surface area contributed by atoms with E-state index < -0.39 is 0 Å². The van der Waals surface area contributed by atoms with Crippen LogP contribution in [0.2, 0.25) is 0 Å². The van der Waals surface area contributed by atoms with Crippen LogP contribution in [0.25, 0.3) is 11.0 Å². The summed E-state index contributed by atoms with van der Waals surface area (Å²) < 4.78 is 16.8. The first kappa shape index (κ1) is 11.6. The van der Waals surface area contributed by atoms with E-state index in [1.165, 1.54) is 0 Å². The van der Waals surface area contributed by atoms with Gasteiger partial charge >= 0.3 is 0 Å². The Morgan fingerprint density at radius 2 is 2.28 bits per heavy atom. The summed E-state index contributed by atoms with van der Waals surface area (Å²) in [4.78, 5) is 0. The number of benzene rings is 1. The highest BCUT2D eigenvalue weighted by atomic mass is 16.5. The molecule has 96 valence electrons. The monoisotopic (exact) mass is 247 g/mol. The van der Waals surface area contributed by atoms with Crippen LogP contribution in [0.1, 0.15) is 18.3 Å². The van der Waals surface area contributed by atoms with Crippen LogP contribution < -0.4 is 10.1 Å². The van der Waals surface area contributed by atoms with Gasteiger partial charge in [-0.15, -0.1) is 0 Å². The SMILES string of the molecule is COc1ccc2oc(C3CNCCCO3)cc2c1. The van der Waals surface area contributed by atoms with E-state index in [2.05, 4.69) is 5.32 Å². The standard InChI is InChI=1S/C14H17NO3/c1-16-11-3-4-12-10(7-11)8-13(18-12)14-9-15-5-2-6-17-14/h3-4,7-8,14-15H,2,5-6,9H2,1H3. The van der Waals surface area contributed by atoms with E-state index in [4.69, 9.17) is 13.9 Å². The van der Waals surface area contributed by atoms with Crippen LogP contribution in [0.3, 0.4) is 0 Å². The van der Waals surface area contributed by atoms with Crippen molar-refractivity contribution in [1.29, 1.82) is 0 Å². The van der Waals surface area contributed by atoms with Crippen LogP contribution in [0.4, 0.5) is 0 Å². The van der Waals surface area contributed by atoms with Crippen LogP contribution in [-0.4, -0.2) is 26.8 Å². The van der Waals surface area contributed by atoms with Gasteiger partial charge in [0.15, 0.2) is 0 Å². The van der Waals surface area contributed by atoms with Crippen LogP contribution in [0, 0.1) is 0 Å². The minimum atomic E-state index is 0.00546. The summed E-state index contributed by atoms with van der Waals surface area (Å²) in [6, 6.07) is 7.85. The maximum atomic E-state index is 5.84. The molecule has 1 unspecified atom stereocenters. The van der Waals surface area contributed by atoms with Crippen LogP contribution in [0.5, 0.6) is 5.75 Å². The van der Waals surface area contributed by atoms with Crippen LogP contribution in [-0.2, 0) is 4.74 Å². The molecule has 0 radical (unpaired) electrons. The number of hydrogen-bond acceptors (Lipinski definition) is 4. The molecule has 4 heteroatoms. The summed E-state index contributed by atoms with van der Waals surface area (Å²) in [7, 11) is 1.67. The summed E-state index contributed by atoms with van der Waals surface area (Å²) in [5, 5.41) is 4.41. The summed E-state index contributed by atoms with van der Waals surface area (Å²) >= 11 is 0. The van der Waals surface area contributed by atoms with Gasteiger partial charge < -0.3 is 19.2 Å². The van der Waals surface area contributed by atoms with E-state index in [0.29, 0.717) is 0 Å². The molecule has 0 aliphatic carbocycles. The van der Waals surface area contributed by atoms with Crippen molar-refractivity contribution in [1.82, 2.24) is 5.32 Å². The first-order chi connectivity index (χ1) is 8.86. The Hall–Kier alpha value is -1.52. The van der Waals surface area contributed by atoms with Gasteiger partial charge in [-0.05, 0) is 37.2 Å². The highest BCUT2D eigenvalue weighted by molar-refractivity contribution is 5.79. The van der Waals surface area contributed by atoms with Crippen molar-refractivity contribution in [3.63, 3.8) is 0 Å². The molecule has 2 aromatic rings. The highest BCUT2D eigenvalue weighted by Gasteiger charge is 2.18. The summed E-state index contributed by atoms with van der Waals surface area (Å²) in [5.41, 5.74) is 0.874. The van der Waals surface area contributed by atoms with Gasteiger partial charge in [-0.25, -0.2) is 0 Å². The second-order valence-electron chi connectivity index (χ2n) is 4.47. The number of fused-ring (bicyclic) bond motifs is 1. The Balaban J connectivity index is 1.91. The van der Waals surface area contributed by atoms with Gasteiger partial charge in [0.2, 0.25) is 0 Å². The Labute approximate surface area is 106 Å². The molecule has 0 saturated carbocycles. The van der Waals surface area contributed by atoms with Gasteiger partial charge in [-0.2, -0.15) is 0 Å². The number of ether oxygens (including phenoxy) is 2. The van der Waals surface area contributed by atoms with Gasteiger partial charge in [0.05, 0.1) is 7.11 Å². The topological polar surface area (TPSA) is 43.6 Å². The Morgan fingerprint density at radius 3 is 3.17 bits per heavy atom. The van der Waals surface area contributed by atoms with E-state index >= 15 is 0 Å². The van der Waals surface area contributed by atoms with E-state index in [9.17, 15) is 0 Å². The third-order valence-corrected chi connectivity index (χ3v) is 3.21. The average molecular weight is 247 g/mol. The number of hydrogen-bond donors (Lipinski definition) is 1. The fourth-order valence-electron chi connectivity index (χ4n) is 2.23. The lowest BCUT2D eigenvalue weighted by Crippen LogP contribution is -2.19. The highest BCUT2D eigenvalue weighted by Crippen LogP contribution is 2.29. The zero-order chi connectivity index (χ0) is 12.4. The zero-order valence-electron chi connectivity index (χ0n) is 10.4. The smallest absolute Gasteiger partial charge is 0.135 e. The maximum Gasteiger partial charge on any atom is 0.135 e. The van der Waals surface area contributed by atoms with Crippen molar-refractivity contribution in [2.75, 3.05) is 26.8 Å². The first-order valence-electron chi connectivity index (χ1n) is 6.26. The molecule has 1 aliphatic rings. The minimum Gasteiger partial charge on any atom is -0.497 e.